The van der Waals surface area contributed by atoms with Crippen molar-refractivity contribution in [2.45, 2.75) is 17.1 Å². The van der Waals surface area contributed by atoms with E-state index in [1.165, 1.54) is 17.8 Å². The lowest BCUT2D eigenvalue weighted by atomic mass is 10.3. The summed E-state index contributed by atoms with van der Waals surface area (Å²) in [5.41, 5.74) is 0.673. The Morgan fingerprint density at radius 1 is 1.19 bits per heavy atom. The van der Waals surface area contributed by atoms with Gasteiger partial charge in [0.2, 0.25) is 5.91 Å². The van der Waals surface area contributed by atoms with Crippen LogP contribution in [-0.4, -0.2) is 11.2 Å². The van der Waals surface area contributed by atoms with Gasteiger partial charge < -0.3 is 5.32 Å². The van der Waals surface area contributed by atoms with Crippen LogP contribution in [0, 0.1) is 11.6 Å². The highest BCUT2D eigenvalue weighted by Crippen LogP contribution is 2.26. The normalized spacial score (nSPS) is 12.0. The largest absolute Gasteiger partial charge is 0.325 e. The van der Waals surface area contributed by atoms with Crippen molar-refractivity contribution in [3.05, 3.63) is 58.6 Å². The SMILES string of the molecule is C[C@H](Sc1ccc(F)c(F)c1)C(=O)Nc1cccc(Br)c1. The zero-order valence-electron chi connectivity index (χ0n) is 11.1. The molecule has 110 valence electrons. The van der Waals surface area contributed by atoms with E-state index in [1.807, 2.05) is 12.1 Å². The third-order valence-electron chi connectivity index (χ3n) is 2.67. The molecular formula is C15H12BrF2NOS. The Bertz CT molecular complexity index is 666. The summed E-state index contributed by atoms with van der Waals surface area (Å²) >= 11 is 4.49. The van der Waals surface area contributed by atoms with Crippen LogP contribution >= 0.6 is 27.7 Å². The molecule has 2 rings (SSSR count). The third kappa shape index (κ3) is 4.54. The number of anilines is 1. The molecule has 0 heterocycles. The topological polar surface area (TPSA) is 29.1 Å². The van der Waals surface area contributed by atoms with Gasteiger partial charge in [-0.3, -0.25) is 4.79 Å². The number of amides is 1. The van der Waals surface area contributed by atoms with Crippen molar-refractivity contribution in [3.63, 3.8) is 0 Å². The molecule has 0 spiro atoms. The van der Waals surface area contributed by atoms with Crippen LogP contribution < -0.4 is 5.32 Å². The highest BCUT2D eigenvalue weighted by atomic mass is 79.9. The standard InChI is InChI=1S/C15H12BrF2NOS/c1-9(21-12-5-6-13(17)14(18)8-12)15(20)19-11-4-2-3-10(16)7-11/h2-9H,1H3,(H,19,20)/t9-/m0/s1. The minimum Gasteiger partial charge on any atom is -0.325 e. The fraction of sp³-hybridized carbons (Fsp3) is 0.133. The number of rotatable bonds is 4. The minimum absolute atomic E-state index is 0.206. The Morgan fingerprint density at radius 2 is 1.95 bits per heavy atom. The van der Waals surface area contributed by atoms with E-state index >= 15 is 0 Å². The van der Waals surface area contributed by atoms with Crippen LogP contribution in [0.4, 0.5) is 14.5 Å². The van der Waals surface area contributed by atoms with Gasteiger partial charge in [-0.25, -0.2) is 8.78 Å². The van der Waals surface area contributed by atoms with E-state index in [4.69, 9.17) is 0 Å². The van der Waals surface area contributed by atoms with Gasteiger partial charge in [-0.2, -0.15) is 0 Å². The Balaban J connectivity index is 2.00. The van der Waals surface area contributed by atoms with Crippen LogP contribution in [0.15, 0.2) is 51.8 Å². The molecule has 2 aromatic carbocycles. The van der Waals surface area contributed by atoms with Gasteiger partial charge in [0.15, 0.2) is 11.6 Å². The van der Waals surface area contributed by atoms with E-state index in [1.54, 1.807) is 19.1 Å². The molecule has 6 heteroatoms. The minimum atomic E-state index is -0.917. The Labute approximate surface area is 134 Å². The molecule has 1 amide bonds. The number of hydrogen-bond acceptors (Lipinski definition) is 2. The summed E-state index contributed by atoms with van der Waals surface area (Å²) in [5, 5.41) is 2.33. The average molecular weight is 372 g/mol. The first kappa shape index (κ1) is 16.0. The molecule has 0 aromatic heterocycles. The van der Waals surface area contributed by atoms with Gasteiger partial charge in [0, 0.05) is 15.1 Å². The fourth-order valence-corrected chi connectivity index (χ4v) is 2.91. The second-order valence-electron chi connectivity index (χ2n) is 4.34. The molecule has 0 fully saturated rings. The molecule has 0 aliphatic rings. The maximum atomic E-state index is 13.1. The van der Waals surface area contributed by atoms with Crippen LogP contribution in [0.5, 0.6) is 0 Å². The summed E-state index contributed by atoms with van der Waals surface area (Å²) in [7, 11) is 0. The van der Waals surface area contributed by atoms with Gasteiger partial charge in [-0.15, -0.1) is 11.8 Å². The van der Waals surface area contributed by atoms with Crippen molar-refractivity contribution in [1.82, 2.24) is 0 Å². The summed E-state index contributed by atoms with van der Waals surface area (Å²) < 4.78 is 26.8. The van der Waals surface area contributed by atoms with Gasteiger partial charge in [0.05, 0.1) is 5.25 Å². The quantitative estimate of drug-likeness (QED) is 0.778. The molecule has 2 aromatic rings. The van der Waals surface area contributed by atoms with Gasteiger partial charge in [0.1, 0.15) is 0 Å². The summed E-state index contributed by atoms with van der Waals surface area (Å²) in [6.07, 6.45) is 0. The highest BCUT2D eigenvalue weighted by molar-refractivity contribution is 9.10. The van der Waals surface area contributed by atoms with Crippen LogP contribution in [0.25, 0.3) is 0 Å². The van der Waals surface area contributed by atoms with Gasteiger partial charge in [-0.05, 0) is 43.3 Å². The number of thioether (sulfide) groups is 1. The first-order chi connectivity index (χ1) is 9.95. The van der Waals surface area contributed by atoms with Crippen molar-refractivity contribution in [3.8, 4) is 0 Å². The molecule has 0 saturated carbocycles. The zero-order chi connectivity index (χ0) is 15.4. The molecule has 0 saturated heterocycles. The molecule has 0 aliphatic heterocycles. The van der Waals surface area contributed by atoms with Gasteiger partial charge >= 0.3 is 0 Å². The second-order valence-corrected chi connectivity index (χ2v) is 6.67. The van der Waals surface area contributed by atoms with Gasteiger partial charge in [-0.1, -0.05) is 22.0 Å². The monoisotopic (exact) mass is 371 g/mol. The number of halogens is 3. The molecule has 1 N–H and O–H groups in total. The predicted molar refractivity (Wildman–Crippen MR) is 84.4 cm³/mol. The van der Waals surface area contributed by atoms with Crippen LogP contribution in [0.1, 0.15) is 6.92 Å². The highest BCUT2D eigenvalue weighted by Gasteiger charge is 2.15. The molecule has 0 bridgehead atoms. The number of hydrogen-bond donors (Lipinski definition) is 1. The molecular weight excluding hydrogens is 360 g/mol. The number of nitrogens with one attached hydrogen (secondary N) is 1. The maximum Gasteiger partial charge on any atom is 0.237 e. The van der Waals surface area contributed by atoms with Crippen molar-refractivity contribution in [1.29, 1.82) is 0 Å². The van der Waals surface area contributed by atoms with Crippen LogP contribution in [-0.2, 0) is 4.79 Å². The summed E-state index contributed by atoms with van der Waals surface area (Å²) in [6.45, 7) is 1.71. The zero-order valence-corrected chi connectivity index (χ0v) is 13.5. The van der Waals surface area contributed by atoms with E-state index < -0.39 is 16.9 Å². The molecule has 0 unspecified atom stereocenters. The number of benzene rings is 2. The lowest BCUT2D eigenvalue weighted by molar-refractivity contribution is -0.115. The maximum absolute atomic E-state index is 13.1. The van der Waals surface area contributed by atoms with E-state index in [0.29, 0.717) is 10.6 Å². The van der Waals surface area contributed by atoms with Gasteiger partial charge in [0.25, 0.3) is 0 Å². The van der Waals surface area contributed by atoms with E-state index in [-0.39, 0.29) is 5.91 Å². The van der Waals surface area contributed by atoms with E-state index in [0.717, 1.165) is 16.6 Å². The molecule has 21 heavy (non-hydrogen) atoms. The Kier molecular flexibility index (Phi) is 5.36. The third-order valence-corrected chi connectivity index (χ3v) is 4.25. The van der Waals surface area contributed by atoms with Crippen LogP contribution in [0.3, 0.4) is 0 Å². The van der Waals surface area contributed by atoms with Crippen molar-refractivity contribution < 1.29 is 13.6 Å². The van der Waals surface area contributed by atoms with E-state index in [9.17, 15) is 13.6 Å². The molecule has 0 radical (unpaired) electrons. The molecule has 1 atom stereocenters. The lowest BCUT2D eigenvalue weighted by Gasteiger charge is -2.12. The summed E-state index contributed by atoms with van der Waals surface area (Å²) in [5.74, 6) is -2.02. The lowest BCUT2D eigenvalue weighted by Crippen LogP contribution is -2.22. The van der Waals surface area contributed by atoms with Crippen molar-refractivity contribution in [2.24, 2.45) is 0 Å². The predicted octanol–water partition coefficient (Wildman–Crippen LogP) is 4.85. The number of carbonyl (C=O) groups excluding carboxylic acids is 1. The van der Waals surface area contributed by atoms with Crippen molar-refractivity contribution in [2.75, 3.05) is 5.32 Å². The molecule has 2 nitrogen and oxygen atoms in total. The average Bonchev–Trinajstić information content (AvgIpc) is 2.43. The van der Waals surface area contributed by atoms with Crippen molar-refractivity contribution >= 4 is 39.3 Å². The number of carbonyl (C=O) groups is 1. The second kappa shape index (κ2) is 7.04. The molecule has 0 aliphatic carbocycles. The Hall–Kier alpha value is -1.40. The summed E-state index contributed by atoms with van der Waals surface area (Å²) in [4.78, 5) is 12.6. The smallest absolute Gasteiger partial charge is 0.237 e. The Morgan fingerprint density at radius 3 is 2.62 bits per heavy atom. The first-order valence-corrected chi connectivity index (χ1v) is 7.81. The van der Waals surface area contributed by atoms with Crippen LogP contribution in [0.2, 0.25) is 0 Å². The summed E-state index contributed by atoms with van der Waals surface area (Å²) in [6, 6.07) is 10.8. The van der Waals surface area contributed by atoms with E-state index in [2.05, 4.69) is 21.2 Å². The first-order valence-electron chi connectivity index (χ1n) is 6.14. The fourth-order valence-electron chi connectivity index (χ4n) is 1.62.